The van der Waals surface area contributed by atoms with Crippen LogP contribution in [0.2, 0.25) is 0 Å². The van der Waals surface area contributed by atoms with Crippen molar-refractivity contribution in [3.05, 3.63) is 48.7 Å². The summed E-state index contributed by atoms with van der Waals surface area (Å²) in [5, 5.41) is 10.5. The van der Waals surface area contributed by atoms with E-state index in [9.17, 15) is 9.90 Å². The minimum atomic E-state index is -0.929. The molecular formula is C24H26N2O5. The van der Waals surface area contributed by atoms with E-state index in [0.29, 0.717) is 41.1 Å². The zero-order chi connectivity index (χ0) is 21.8. The number of carbonyl (C=O) groups is 1. The molecule has 0 atom stereocenters. The number of hydrogen-bond donors (Lipinski definition) is 1. The van der Waals surface area contributed by atoms with Crippen LogP contribution < -0.4 is 19.1 Å². The summed E-state index contributed by atoms with van der Waals surface area (Å²) in [5.74, 6) is 2.85. The summed E-state index contributed by atoms with van der Waals surface area (Å²) in [4.78, 5) is 17.6. The summed E-state index contributed by atoms with van der Waals surface area (Å²) in [5.41, 5.74) is 1.37. The van der Waals surface area contributed by atoms with Gasteiger partial charge in [0.25, 0.3) is 0 Å². The fraction of sp³-hybridized carbons (Fsp3) is 0.333. The Morgan fingerprint density at radius 3 is 2.35 bits per heavy atom. The first-order valence-electron chi connectivity index (χ1n) is 10.4. The lowest BCUT2D eigenvalue weighted by Crippen LogP contribution is -2.33. The highest BCUT2D eigenvalue weighted by atomic mass is 16.5. The molecule has 1 N–H and O–H groups in total. The maximum absolute atomic E-state index is 11.8. The molecule has 0 unspecified atom stereocenters. The fourth-order valence-corrected chi connectivity index (χ4v) is 4.10. The van der Waals surface area contributed by atoms with E-state index in [4.69, 9.17) is 14.2 Å². The molecule has 31 heavy (non-hydrogen) atoms. The van der Waals surface area contributed by atoms with Gasteiger partial charge in [-0.1, -0.05) is 12.8 Å². The zero-order valence-corrected chi connectivity index (χ0v) is 17.7. The van der Waals surface area contributed by atoms with Crippen molar-refractivity contribution in [3.63, 3.8) is 0 Å². The first kappa shape index (κ1) is 20.8. The minimum Gasteiger partial charge on any atom is -0.493 e. The monoisotopic (exact) mass is 422 g/mol. The maximum Gasteiger partial charge on any atom is 0.411 e. The normalized spacial score (nSPS) is 13.9. The van der Waals surface area contributed by atoms with E-state index in [0.717, 1.165) is 23.7 Å². The molecule has 0 bridgehead atoms. The number of aromatic nitrogens is 1. The summed E-state index contributed by atoms with van der Waals surface area (Å²) in [6, 6.07) is 12.6. The SMILES string of the molecule is COc1cc2nccc(Oc3ccc(N(CC4CCCC4)C(=O)O)cc3)c2cc1OC. The lowest BCUT2D eigenvalue weighted by molar-refractivity contribution is 0.200. The van der Waals surface area contributed by atoms with Crippen molar-refractivity contribution in [1.82, 2.24) is 4.98 Å². The molecule has 1 aliphatic rings. The topological polar surface area (TPSA) is 81.1 Å². The van der Waals surface area contributed by atoms with Gasteiger partial charge in [0.05, 0.1) is 19.7 Å². The van der Waals surface area contributed by atoms with Gasteiger partial charge in [0.1, 0.15) is 11.5 Å². The number of hydrogen-bond acceptors (Lipinski definition) is 5. The van der Waals surface area contributed by atoms with Crippen molar-refractivity contribution < 1.29 is 24.1 Å². The Balaban J connectivity index is 1.57. The molecule has 3 aromatic rings. The molecule has 162 valence electrons. The lowest BCUT2D eigenvalue weighted by atomic mass is 10.1. The number of ether oxygens (including phenoxy) is 3. The Morgan fingerprint density at radius 2 is 1.71 bits per heavy atom. The molecule has 1 fully saturated rings. The van der Waals surface area contributed by atoms with Crippen molar-refractivity contribution in [3.8, 4) is 23.0 Å². The molecule has 0 radical (unpaired) electrons. The number of carboxylic acid groups (broad SMARTS) is 1. The van der Waals surface area contributed by atoms with Gasteiger partial charge >= 0.3 is 6.09 Å². The Hall–Kier alpha value is -3.48. The fourth-order valence-electron chi connectivity index (χ4n) is 4.10. The van der Waals surface area contributed by atoms with Crippen LogP contribution in [0.4, 0.5) is 10.5 Å². The molecule has 1 aromatic heterocycles. The molecule has 7 nitrogen and oxygen atoms in total. The molecule has 7 heteroatoms. The Morgan fingerprint density at radius 1 is 1.03 bits per heavy atom. The van der Waals surface area contributed by atoms with Crippen LogP contribution in [0, 0.1) is 5.92 Å². The summed E-state index contributed by atoms with van der Waals surface area (Å²) in [6.45, 7) is 0.534. The van der Waals surface area contributed by atoms with Gasteiger partial charge in [-0.15, -0.1) is 0 Å². The van der Waals surface area contributed by atoms with E-state index < -0.39 is 6.09 Å². The standard InChI is InChI=1S/C24H26N2O5/c1-29-22-13-19-20(14-23(22)30-2)25-12-11-21(19)31-18-9-7-17(8-10-18)26(24(27)28)15-16-5-3-4-6-16/h7-14,16H,3-6,15H2,1-2H3,(H,27,28). The number of methoxy groups -OCH3 is 2. The number of pyridine rings is 1. The first-order chi connectivity index (χ1) is 15.1. The van der Waals surface area contributed by atoms with Gasteiger partial charge in [-0.3, -0.25) is 9.88 Å². The molecule has 1 heterocycles. The lowest BCUT2D eigenvalue weighted by Gasteiger charge is -2.23. The number of benzene rings is 2. The Bertz CT molecular complexity index is 1060. The predicted octanol–water partition coefficient (Wildman–Crippen LogP) is 5.72. The van der Waals surface area contributed by atoms with Crippen molar-refractivity contribution in [2.45, 2.75) is 25.7 Å². The average Bonchev–Trinajstić information content (AvgIpc) is 3.30. The van der Waals surface area contributed by atoms with Gasteiger partial charge in [0.2, 0.25) is 0 Å². The number of rotatable bonds is 7. The summed E-state index contributed by atoms with van der Waals surface area (Å²) in [7, 11) is 3.16. The van der Waals surface area contributed by atoms with E-state index in [1.54, 1.807) is 56.8 Å². The third-order valence-corrected chi connectivity index (χ3v) is 5.73. The highest BCUT2D eigenvalue weighted by Crippen LogP contribution is 2.37. The van der Waals surface area contributed by atoms with E-state index in [1.807, 2.05) is 6.07 Å². The first-order valence-corrected chi connectivity index (χ1v) is 10.4. The van der Waals surface area contributed by atoms with E-state index in [2.05, 4.69) is 4.98 Å². The average molecular weight is 422 g/mol. The Labute approximate surface area is 181 Å². The second-order valence-electron chi connectivity index (χ2n) is 7.67. The zero-order valence-electron chi connectivity index (χ0n) is 17.7. The third kappa shape index (κ3) is 4.50. The predicted molar refractivity (Wildman–Crippen MR) is 119 cm³/mol. The molecular weight excluding hydrogens is 396 g/mol. The van der Waals surface area contributed by atoms with Gasteiger partial charge < -0.3 is 19.3 Å². The van der Waals surface area contributed by atoms with Gasteiger partial charge in [-0.05, 0) is 55.2 Å². The second-order valence-corrected chi connectivity index (χ2v) is 7.67. The van der Waals surface area contributed by atoms with Crippen LogP contribution in [0.25, 0.3) is 10.9 Å². The van der Waals surface area contributed by atoms with Crippen molar-refractivity contribution >= 4 is 22.7 Å². The van der Waals surface area contributed by atoms with Crippen molar-refractivity contribution in [1.29, 1.82) is 0 Å². The second kappa shape index (κ2) is 9.12. The molecule has 1 saturated carbocycles. The van der Waals surface area contributed by atoms with Crippen molar-refractivity contribution in [2.75, 3.05) is 25.7 Å². The molecule has 0 aliphatic heterocycles. The number of nitrogens with zero attached hydrogens (tertiary/aromatic N) is 2. The molecule has 1 amide bonds. The summed E-state index contributed by atoms with van der Waals surface area (Å²) >= 11 is 0. The number of anilines is 1. The van der Waals surface area contributed by atoms with E-state index in [-0.39, 0.29) is 0 Å². The minimum absolute atomic E-state index is 0.433. The van der Waals surface area contributed by atoms with Gasteiger partial charge in [0, 0.05) is 29.9 Å². The molecule has 2 aromatic carbocycles. The van der Waals surface area contributed by atoms with E-state index >= 15 is 0 Å². The largest absolute Gasteiger partial charge is 0.493 e. The van der Waals surface area contributed by atoms with E-state index in [1.165, 1.54) is 17.7 Å². The molecule has 0 spiro atoms. The van der Waals surface area contributed by atoms with Crippen LogP contribution in [0.1, 0.15) is 25.7 Å². The van der Waals surface area contributed by atoms with Gasteiger partial charge in [-0.2, -0.15) is 0 Å². The highest BCUT2D eigenvalue weighted by Gasteiger charge is 2.23. The molecule has 0 saturated heterocycles. The van der Waals surface area contributed by atoms with Crippen LogP contribution in [0.15, 0.2) is 48.7 Å². The molecule has 4 rings (SSSR count). The van der Waals surface area contributed by atoms with Crippen LogP contribution in [0.5, 0.6) is 23.0 Å². The van der Waals surface area contributed by atoms with Crippen LogP contribution in [0.3, 0.4) is 0 Å². The quantitative estimate of drug-likeness (QED) is 0.524. The maximum atomic E-state index is 11.8. The Kier molecular flexibility index (Phi) is 6.11. The van der Waals surface area contributed by atoms with Crippen LogP contribution in [-0.2, 0) is 0 Å². The number of amides is 1. The van der Waals surface area contributed by atoms with Gasteiger partial charge in [-0.25, -0.2) is 4.79 Å². The van der Waals surface area contributed by atoms with Gasteiger partial charge in [0.15, 0.2) is 11.5 Å². The smallest absolute Gasteiger partial charge is 0.411 e. The highest BCUT2D eigenvalue weighted by molar-refractivity contribution is 5.88. The summed E-state index contributed by atoms with van der Waals surface area (Å²) in [6.07, 6.45) is 5.29. The van der Waals surface area contributed by atoms with Crippen LogP contribution >= 0.6 is 0 Å². The molecule has 1 aliphatic carbocycles. The van der Waals surface area contributed by atoms with Crippen molar-refractivity contribution in [2.24, 2.45) is 5.92 Å². The summed E-state index contributed by atoms with van der Waals surface area (Å²) < 4.78 is 16.8. The number of fused-ring (bicyclic) bond motifs is 1. The third-order valence-electron chi connectivity index (χ3n) is 5.73. The van der Waals surface area contributed by atoms with Crippen LogP contribution in [-0.4, -0.2) is 36.9 Å².